The fraction of sp³-hybridized carbons (Fsp3) is 0.429. The highest BCUT2D eigenvalue weighted by molar-refractivity contribution is 5.97. The number of hydrogen-bond donors (Lipinski definition) is 2. The average Bonchev–Trinajstić information content (AvgIpc) is 2.36. The number of rotatable bonds is 5. The first-order valence-electron chi connectivity index (χ1n) is 6.38. The highest BCUT2D eigenvalue weighted by atomic mass is 19.4. The molecule has 0 saturated heterocycles. The van der Waals surface area contributed by atoms with Gasteiger partial charge in [-0.3, -0.25) is 9.59 Å². The predicted molar refractivity (Wildman–Crippen MR) is 71.3 cm³/mol. The van der Waals surface area contributed by atoms with Gasteiger partial charge in [-0.15, -0.1) is 0 Å². The van der Waals surface area contributed by atoms with E-state index in [0.29, 0.717) is 6.42 Å². The minimum atomic E-state index is -4.46. The van der Waals surface area contributed by atoms with Crippen LogP contribution in [0, 0.1) is 5.92 Å². The van der Waals surface area contributed by atoms with Crippen LogP contribution in [0.3, 0.4) is 0 Å². The highest BCUT2D eigenvalue weighted by Crippen LogP contribution is 2.29. The molecule has 1 rings (SSSR count). The van der Waals surface area contributed by atoms with E-state index in [2.05, 4.69) is 5.32 Å². The van der Waals surface area contributed by atoms with Gasteiger partial charge in [-0.05, 0) is 36.6 Å². The number of nitrogens with two attached hydrogens (primary N) is 1. The molecule has 0 bridgehead atoms. The van der Waals surface area contributed by atoms with E-state index in [1.807, 2.05) is 13.8 Å². The van der Waals surface area contributed by atoms with Crippen molar-refractivity contribution in [3.05, 3.63) is 35.4 Å². The van der Waals surface area contributed by atoms with Gasteiger partial charge in [0, 0.05) is 5.56 Å². The number of amides is 2. The van der Waals surface area contributed by atoms with Crippen molar-refractivity contribution in [2.45, 2.75) is 32.5 Å². The van der Waals surface area contributed by atoms with E-state index in [9.17, 15) is 22.8 Å². The van der Waals surface area contributed by atoms with Gasteiger partial charge in [0.05, 0.1) is 5.56 Å². The molecule has 1 unspecified atom stereocenters. The summed E-state index contributed by atoms with van der Waals surface area (Å²) in [5, 5.41) is 2.43. The normalized spacial score (nSPS) is 13.0. The van der Waals surface area contributed by atoms with Crippen LogP contribution in [-0.2, 0) is 11.0 Å². The maximum atomic E-state index is 12.4. The Balaban J connectivity index is 2.81. The van der Waals surface area contributed by atoms with Crippen LogP contribution in [0.25, 0.3) is 0 Å². The smallest absolute Gasteiger partial charge is 0.368 e. The fourth-order valence-corrected chi connectivity index (χ4v) is 1.77. The molecular formula is C14H17F3N2O2. The van der Waals surface area contributed by atoms with Gasteiger partial charge < -0.3 is 11.1 Å². The Hall–Kier alpha value is -2.05. The molecule has 3 N–H and O–H groups in total. The molecule has 0 aromatic heterocycles. The highest BCUT2D eigenvalue weighted by Gasteiger charge is 2.30. The first kappa shape index (κ1) is 17.0. The van der Waals surface area contributed by atoms with Crippen LogP contribution in [-0.4, -0.2) is 17.9 Å². The van der Waals surface area contributed by atoms with Crippen molar-refractivity contribution in [3.8, 4) is 0 Å². The average molecular weight is 302 g/mol. The molecule has 0 heterocycles. The molecule has 21 heavy (non-hydrogen) atoms. The lowest BCUT2D eigenvalue weighted by molar-refractivity contribution is -0.137. The zero-order valence-corrected chi connectivity index (χ0v) is 11.7. The van der Waals surface area contributed by atoms with E-state index in [-0.39, 0.29) is 11.5 Å². The molecule has 116 valence electrons. The largest absolute Gasteiger partial charge is 0.416 e. The Bertz CT molecular complexity index is 510. The third kappa shape index (κ3) is 5.09. The SMILES string of the molecule is CC(C)CC(NC(=O)c1ccc(C(F)(F)F)cc1)C(N)=O. The molecule has 0 aliphatic heterocycles. The number of hydrogen-bond acceptors (Lipinski definition) is 2. The molecule has 0 spiro atoms. The first-order chi connectivity index (χ1) is 9.61. The van der Waals surface area contributed by atoms with Crippen molar-refractivity contribution in [2.24, 2.45) is 11.7 Å². The first-order valence-corrected chi connectivity index (χ1v) is 6.38. The van der Waals surface area contributed by atoms with Gasteiger partial charge >= 0.3 is 6.18 Å². The van der Waals surface area contributed by atoms with Crippen LogP contribution in [0.15, 0.2) is 24.3 Å². The summed E-state index contributed by atoms with van der Waals surface area (Å²) in [5.41, 5.74) is 4.39. The summed E-state index contributed by atoms with van der Waals surface area (Å²) in [6.45, 7) is 3.72. The number of carbonyl (C=O) groups excluding carboxylic acids is 2. The predicted octanol–water partition coefficient (Wildman–Crippen LogP) is 2.34. The number of nitrogens with one attached hydrogen (secondary N) is 1. The second kappa shape index (κ2) is 6.60. The number of carbonyl (C=O) groups is 2. The standard InChI is InChI=1S/C14H17F3N2O2/c1-8(2)7-11(12(18)20)19-13(21)9-3-5-10(6-4-9)14(15,16)17/h3-6,8,11H,7H2,1-2H3,(H2,18,20)(H,19,21). The van der Waals surface area contributed by atoms with Crippen LogP contribution >= 0.6 is 0 Å². The van der Waals surface area contributed by atoms with Gasteiger partial charge in [0.15, 0.2) is 0 Å². The molecule has 1 aromatic carbocycles. The van der Waals surface area contributed by atoms with Gasteiger partial charge in [-0.25, -0.2) is 0 Å². The van der Waals surface area contributed by atoms with Crippen molar-refractivity contribution in [3.63, 3.8) is 0 Å². The molecule has 1 atom stereocenters. The van der Waals surface area contributed by atoms with E-state index in [0.717, 1.165) is 24.3 Å². The Morgan fingerprint density at radius 3 is 2.10 bits per heavy atom. The Labute approximate surface area is 120 Å². The molecule has 2 amide bonds. The summed E-state index contributed by atoms with van der Waals surface area (Å²) in [7, 11) is 0. The molecule has 0 aliphatic carbocycles. The molecule has 1 aromatic rings. The topological polar surface area (TPSA) is 72.2 Å². The molecule has 7 heteroatoms. The lowest BCUT2D eigenvalue weighted by Crippen LogP contribution is -2.45. The number of halogens is 3. The second-order valence-corrected chi connectivity index (χ2v) is 5.13. The summed E-state index contributed by atoms with van der Waals surface area (Å²) < 4.78 is 37.3. The van der Waals surface area contributed by atoms with Crippen molar-refractivity contribution in [2.75, 3.05) is 0 Å². The molecular weight excluding hydrogens is 285 g/mol. The van der Waals surface area contributed by atoms with Gasteiger partial charge in [0.1, 0.15) is 6.04 Å². The minimum Gasteiger partial charge on any atom is -0.368 e. The Morgan fingerprint density at radius 2 is 1.71 bits per heavy atom. The van der Waals surface area contributed by atoms with E-state index in [1.165, 1.54) is 0 Å². The number of alkyl halides is 3. The quantitative estimate of drug-likeness (QED) is 0.876. The summed E-state index contributed by atoms with van der Waals surface area (Å²) in [5.74, 6) is -1.17. The van der Waals surface area contributed by atoms with Crippen molar-refractivity contribution in [1.29, 1.82) is 0 Å². The van der Waals surface area contributed by atoms with Crippen molar-refractivity contribution >= 4 is 11.8 Å². The van der Waals surface area contributed by atoms with E-state index < -0.39 is 29.6 Å². The van der Waals surface area contributed by atoms with Gasteiger partial charge in [0.25, 0.3) is 5.91 Å². The Morgan fingerprint density at radius 1 is 1.19 bits per heavy atom. The van der Waals surface area contributed by atoms with Crippen LogP contribution in [0.2, 0.25) is 0 Å². The van der Waals surface area contributed by atoms with Crippen LogP contribution in [0.1, 0.15) is 36.2 Å². The van der Waals surface area contributed by atoms with E-state index in [1.54, 1.807) is 0 Å². The zero-order chi connectivity index (χ0) is 16.2. The minimum absolute atomic E-state index is 0.0398. The van der Waals surface area contributed by atoms with Gasteiger partial charge in [0.2, 0.25) is 5.91 Å². The monoisotopic (exact) mass is 302 g/mol. The third-order valence-corrected chi connectivity index (χ3v) is 2.83. The fourth-order valence-electron chi connectivity index (χ4n) is 1.77. The lowest BCUT2D eigenvalue weighted by atomic mass is 10.0. The molecule has 4 nitrogen and oxygen atoms in total. The molecule has 0 saturated carbocycles. The summed E-state index contributed by atoms with van der Waals surface area (Å²) >= 11 is 0. The molecule has 0 aliphatic rings. The molecule has 0 radical (unpaired) electrons. The maximum Gasteiger partial charge on any atom is 0.416 e. The van der Waals surface area contributed by atoms with Gasteiger partial charge in [-0.2, -0.15) is 13.2 Å². The van der Waals surface area contributed by atoms with E-state index in [4.69, 9.17) is 5.73 Å². The lowest BCUT2D eigenvalue weighted by Gasteiger charge is -2.17. The van der Waals surface area contributed by atoms with Crippen molar-refractivity contribution < 1.29 is 22.8 Å². The third-order valence-electron chi connectivity index (χ3n) is 2.83. The summed E-state index contributed by atoms with van der Waals surface area (Å²) in [6.07, 6.45) is -4.09. The Kier molecular flexibility index (Phi) is 5.34. The number of primary amides is 1. The van der Waals surface area contributed by atoms with Crippen LogP contribution < -0.4 is 11.1 Å². The summed E-state index contributed by atoms with van der Waals surface area (Å²) in [4.78, 5) is 23.1. The maximum absolute atomic E-state index is 12.4. The van der Waals surface area contributed by atoms with Crippen LogP contribution in [0.5, 0.6) is 0 Å². The second-order valence-electron chi connectivity index (χ2n) is 5.13. The van der Waals surface area contributed by atoms with Crippen molar-refractivity contribution in [1.82, 2.24) is 5.32 Å². The van der Waals surface area contributed by atoms with Gasteiger partial charge in [-0.1, -0.05) is 13.8 Å². The zero-order valence-electron chi connectivity index (χ0n) is 11.7. The number of benzene rings is 1. The van der Waals surface area contributed by atoms with Crippen LogP contribution in [0.4, 0.5) is 13.2 Å². The van der Waals surface area contributed by atoms with E-state index >= 15 is 0 Å². The summed E-state index contributed by atoms with van der Waals surface area (Å²) in [6, 6.07) is 2.91. The molecule has 0 fully saturated rings.